The summed E-state index contributed by atoms with van der Waals surface area (Å²) in [5.74, 6) is 0. The molecule has 0 aliphatic carbocycles. The first-order chi connectivity index (χ1) is 11.0. The van der Waals surface area contributed by atoms with Gasteiger partial charge in [-0.2, -0.15) is 13.2 Å². The molecule has 0 bridgehead atoms. The quantitative estimate of drug-likeness (QED) is 0.745. The van der Waals surface area contributed by atoms with Gasteiger partial charge in [-0.25, -0.2) is 0 Å². The molecule has 2 radical (unpaired) electrons. The largest absolute Gasteiger partial charge is 0.416 e. The zero-order chi connectivity index (χ0) is 18.0. The van der Waals surface area contributed by atoms with Crippen molar-refractivity contribution in [3.63, 3.8) is 0 Å². The van der Waals surface area contributed by atoms with E-state index < -0.39 is 11.7 Å². The molecule has 134 valence electrons. The van der Waals surface area contributed by atoms with E-state index in [1.165, 1.54) is 12.1 Å². The molecule has 2 atom stereocenters. The topological polar surface area (TPSA) is 12.5 Å². The van der Waals surface area contributed by atoms with Crippen LogP contribution >= 0.6 is 0 Å². The fraction of sp³-hybridized carbons (Fsp3) is 0.667. The van der Waals surface area contributed by atoms with Crippen LogP contribution in [-0.2, 0) is 10.9 Å². The normalized spacial score (nSPS) is 23.5. The van der Waals surface area contributed by atoms with E-state index in [4.69, 9.17) is 4.74 Å². The van der Waals surface area contributed by atoms with Gasteiger partial charge in [-0.15, -0.1) is 0 Å². The molecular formula is C18H26F3NOSi. The van der Waals surface area contributed by atoms with E-state index in [0.717, 1.165) is 37.3 Å². The lowest BCUT2D eigenvalue weighted by Gasteiger charge is -2.37. The first-order valence-corrected chi connectivity index (χ1v) is 9.38. The van der Waals surface area contributed by atoms with Gasteiger partial charge in [-0.1, -0.05) is 43.3 Å². The maximum absolute atomic E-state index is 12.8. The van der Waals surface area contributed by atoms with Crippen molar-refractivity contribution in [2.24, 2.45) is 0 Å². The van der Waals surface area contributed by atoms with Crippen molar-refractivity contribution in [1.82, 2.24) is 4.90 Å². The fourth-order valence-corrected chi connectivity index (χ4v) is 4.56. The van der Waals surface area contributed by atoms with E-state index in [1.54, 1.807) is 6.07 Å². The summed E-state index contributed by atoms with van der Waals surface area (Å²) in [5.41, 5.74) is -0.556. The molecule has 1 fully saturated rings. The van der Waals surface area contributed by atoms with Gasteiger partial charge in [0.1, 0.15) is 0 Å². The second-order valence-corrected chi connectivity index (χ2v) is 9.54. The lowest BCUT2D eigenvalue weighted by atomic mass is 10.1. The smallest absolute Gasteiger partial charge is 0.373 e. The van der Waals surface area contributed by atoms with E-state index in [-0.39, 0.29) is 17.2 Å². The van der Waals surface area contributed by atoms with Crippen LogP contribution in [0.2, 0.25) is 5.04 Å². The molecule has 24 heavy (non-hydrogen) atoms. The number of morpholine rings is 1. The molecule has 0 N–H and O–H groups in total. The second kappa shape index (κ2) is 7.58. The Bertz CT molecular complexity index is 537. The average Bonchev–Trinajstić information content (AvgIpc) is 2.43. The molecule has 2 nitrogen and oxygen atoms in total. The van der Waals surface area contributed by atoms with Crippen LogP contribution < -0.4 is 5.19 Å². The maximum atomic E-state index is 12.8. The van der Waals surface area contributed by atoms with Crippen LogP contribution in [0.4, 0.5) is 13.2 Å². The highest BCUT2D eigenvalue weighted by atomic mass is 28.2. The Morgan fingerprint density at radius 1 is 1.17 bits per heavy atom. The number of hydrogen-bond donors (Lipinski definition) is 0. The Labute approximate surface area is 145 Å². The highest BCUT2D eigenvalue weighted by Gasteiger charge is 2.31. The summed E-state index contributed by atoms with van der Waals surface area (Å²) in [5, 5.41) is 0.758. The number of benzene rings is 1. The minimum absolute atomic E-state index is 0.0188. The molecule has 0 saturated carbocycles. The van der Waals surface area contributed by atoms with Gasteiger partial charge in [0.2, 0.25) is 0 Å². The molecule has 2 rings (SSSR count). The van der Waals surface area contributed by atoms with Gasteiger partial charge in [0, 0.05) is 13.1 Å². The van der Waals surface area contributed by atoms with Gasteiger partial charge in [-0.3, -0.25) is 4.90 Å². The average molecular weight is 357 g/mol. The van der Waals surface area contributed by atoms with Crippen LogP contribution in [0, 0.1) is 0 Å². The van der Waals surface area contributed by atoms with Gasteiger partial charge in [0.15, 0.2) is 0 Å². The zero-order valence-corrected chi connectivity index (χ0v) is 15.8. The Morgan fingerprint density at radius 2 is 1.79 bits per heavy atom. The number of alkyl halides is 3. The third kappa shape index (κ3) is 5.90. The minimum Gasteiger partial charge on any atom is -0.373 e. The lowest BCUT2D eigenvalue weighted by Crippen LogP contribution is -2.46. The van der Waals surface area contributed by atoms with Gasteiger partial charge in [0.05, 0.1) is 27.3 Å². The standard InChI is InChI=1S/C18H26F3NOSi/c1-13-11-22(12-14(2)23-13)9-8-17(3,4)24-16-7-5-6-15(10-16)18(19,20)21/h5-7,10,13-14H,8-9,11-12H2,1-4H3. The van der Waals surface area contributed by atoms with Gasteiger partial charge in [0.25, 0.3) is 0 Å². The Hall–Kier alpha value is -0.853. The Balaban J connectivity index is 1.93. The van der Waals surface area contributed by atoms with Crippen LogP contribution in [0.5, 0.6) is 0 Å². The van der Waals surface area contributed by atoms with Crippen LogP contribution in [0.15, 0.2) is 24.3 Å². The second-order valence-electron chi connectivity index (χ2n) is 7.35. The molecule has 0 spiro atoms. The molecule has 1 aliphatic rings. The molecule has 6 heteroatoms. The summed E-state index contributed by atoms with van der Waals surface area (Å²) in [6.07, 6.45) is -2.84. The minimum atomic E-state index is -4.27. The van der Waals surface area contributed by atoms with Crippen LogP contribution in [-0.4, -0.2) is 46.3 Å². The summed E-state index contributed by atoms with van der Waals surface area (Å²) in [4.78, 5) is 2.40. The highest BCUT2D eigenvalue weighted by molar-refractivity contribution is 6.56. The molecule has 1 aromatic carbocycles. The summed E-state index contributed by atoms with van der Waals surface area (Å²) in [6, 6.07) is 5.73. The Kier molecular flexibility index (Phi) is 6.15. The number of nitrogens with zero attached hydrogens (tertiary/aromatic N) is 1. The van der Waals surface area contributed by atoms with Crippen molar-refractivity contribution in [3.8, 4) is 0 Å². The maximum Gasteiger partial charge on any atom is 0.416 e. The van der Waals surface area contributed by atoms with E-state index in [0.29, 0.717) is 9.52 Å². The zero-order valence-electron chi connectivity index (χ0n) is 14.8. The summed E-state index contributed by atoms with van der Waals surface area (Å²) >= 11 is 0. The first-order valence-electron chi connectivity index (χ1n) is 8.38. The van der Waals surface area contributed by atoms with Crippen molar-refractivity contribution in [2.45, 2.75) is 57.5 Å². The van der Waals surface area contributed by atoms with E-state index in [2.05, 4.69) is 32.6 Å². The van der Waals surface area contributed by atoms with E-state index in [1.807, 2.05) is 0 Å². The van der Waals surface area contributed by atoms with Crippen LogP contribution in [0.1, 0.15) is 39.7 Å². The van der Waals surface area contributed by atoms with Gasteiger partial charge in [-0.05, 0) is 31.9 Å². The number of halogens is 3. The first kappa shape index (κ1) is 19.5. The molecule has 1 heterocycles. The SMILES string of the molecule is CC1CN(CCC(C)(C)[Si]c2cccc(C(F)(F)F)c2)CC(C)O1. The van der Waals surface area contributed by atoms with Crippen molar-refractivity contribution in [2.75, 3.05) is 19.6 Å². The highest BCUT2D eigenvalue weighted by Crippen LogP contribution is 2.30. The number of ether oxygens (including phenoxy) is 1. The molecular weight excluding hydrogens is 331 g/mol. The molecule has 1 aliphatic heterocycles. The van der Waals surface area contributed by atoms with Crippen LogP contribution in [0.3, 0.4) is 0 Å². The number of rotatable bonds is 5. The summed E-state index contributed by atoms with van der Waals surface area (Å²) in [6.45, 7) is 11.2. The van der Waals surface area contributed by atoms with Crippen molar-refractivity contribution >= 4 is 14.7 Å². The summed E-state index contributed by atoms with van der Waals surface area (Å²) < 4.78 is 44.3. The molecule has 0 amide bonds. The predicted molar refractivity (Wildman–Crippen MR) is 91.9 cm³/mol. The van der Waals surface area contributed by atoms with Gasteiger partial charge < -0.3 is 4.74 Å². The third-order valence-electron chi connectivity index (χ3n) is 4.22. The third-order valence-corrected chi connectivity index (χ3v) is 5.75. The monoisotopic (exact) mass is 357 g/mol. The predicted octanol–water partition coefficient (Wildman–Crippen LogP) is 3.73. The van der Waals surface area contributed by atoms with E-state index in [9.17, 15) is 13.2 Å². The molecule has 1 saturated heterocycles. The summed E-state index contributed by atoms with van der Waals surface area (Å²) in [7, 11) is 0.357. The van der Waals surface area contributed by atoms with Crippen molar-refractivity contribution < 1.29 is 17.9 Å². The van der Waals surface area contributed by atoms with E-state index >= 15 is 0 Å². The molecule has 2 unspecified atom stereocenters. The van der Waals surface area contributed by atoms with Gasteiger partial charge >= 0.3 is 6.18 Å². The van der Waals surface area contributed by atoms with Crippen molar-refractivity contribution in [3.05, 3.63) is 29.8 Å². The fourth-order valence-electron chi connectivity index (χ4n) is 3.13. The number of hydrogen-bond acceptors (Lipinski definition) is 2. The molecule has 1 aromatic rings. The Morgan fingerprint density at radius 3 is 2.38 bits per heavy atom. The molecule has 0 aromatic heterocycles. The lowest BCUT2D eigenvalue weighted by molar-refractivity contribution is -0.137. The van der Waals surface area contributed by atoms with Crippen molar-refractivity contribution in [1.29, 1.82) is 0 Å². The van der Waals surface area contributed by atoms with Crippen LogP contribution in [0.25, 0.3) is 0 Å².